The summed E-state index contributed by atoms with van der Waals surface area (Å²) in [5.41, 5.74) is 0. The topological polar surface area (TPSA) is 9.23 Å². The Kier molecular flexibility index (Phi) is 3.20. The van der Waals surface area contributed by atoms with Crippen LogP contribution in [0.5, 0.6) is 5.75 Å². The van der Waals surface area contributed by atoms with Crippen molar-refractivity contribution in [1.29, 1.82) is 0 Å². The van der Waals surface area contributed by atoms with Crippen LogP contribution in [0, 0.1) is 0 Å². The average Bonchev–Trinajstić information content (AvgIpc) is 2.43. The van der Waals surface area contributed by atoms with Gasteiger partial charge in [0, 0.05) is 10.7 Å². The molecular weight excluding hydrogens is 288 g/mol. The minimum absolute atomic E-state index is 0.686. The zero-order chi connectivity index (χ0) is 12.4. The van der Waals surface area contributed by atoms with E-state index in [2.05, 4.69) is 58.4 Å². The van der Waals surface area contributed by atoms with Crippen molar-refractivity contribution < 1.29 is 4.74 Å². The van der Waals surface area contributed by atoms with Crippen LogP contribution < -0.4 is 4.74 Å². The van der Waals surface area contributed by atoms with Crippen molar-refractivity contribution >= 4 is 37.5 Å². The number of hydrogen-bond donors (Lipinski definition) is 0. The summed E-state index contributed by atoms with van der Waals surface area (Å²) in [6.07, 6.45) is 0. The quantitative estimate of drug-likeness (QED) is 0.500. The summed E-state index contributed by atoms with van der Waals surface area (Å²) in [7, 11) is 0. The number of hydrogen-bond acceptors (Lipinski definition) is 1. The fourth-order valence-corrected chi connectivity index (χ4v) is 2.37. The highest BCUT2D eigenvalue weighted by atomic mass is 79.9. The SMILES string of the molecule is BrCCOc1cccc2cc3ccccc3cc12. The summed E-state index contributed by atoms with van der Waals surface area (Å²) in [6.45, 7) is 0.686. The number of rotatable bonds is 3. The number of fused-ring (bicyclic) bond motifs is 2. The minimum atomic E-state index is 0.686. The van der Waals surface area contributed by atoms with Crippen LogP contribution in [0.15, 0.2) is 54.6 Å². The zero-order valence-corrected chi connectivity index (χ0v) is 11.5. The maximum Gasteiger partial charge on any atom is 0.127 e. The molecule has 0 aromatic heterocycles. The van der Waals surface area contributed by atoms with Crippen LogP contribution in [-0.4, -0.2) is 11.9 Å². The Labute approximate surface area is 115 Å². The Morgan fingerprint density at radius 3 is 2.33 bits per heavy atom. The molecule has 0 atom stereocenters. The maximum atomic E-state index is 5.77. The Hall–Kier alpha value is -1.54. The highest BCUT2D eigenvalue weighted by molar-refractivity contribution is 9.09. The van der Waals surface area contributed by atoms with Crippen LogP contribution in [0.2, 0.25) is 0 Å². The second-order valence-corrected chi connectivity index (χ2v) is 5.01. The van der Waals surface area contributed by atoms with Gasteiger partial charge in [-0.2, -0.15) is 0 Å². The van der Waals surface area contributed by atoms with E-state index in [0.29, 0.717) is 6.61 Å². The second-order valence-electron chi connectivity index (χ2n) is 4.21. The van der Waals surface area contributed by atoms with E-state index >= 15 is 0 Å². The summed E-state index contributed by atoms with van der Waals surface area (Å²) >= 11 is 3.39. The van der Waals surface area contributed by atoms with Gasteiger partial charge in [0.05, 0.1) is 6.61 Å². The van der Waals surface area contributed by atoms with Gasteiger partial charge in [-0.3, -0.25) is 0 Å². The van der Waals surface area contributed by atoms with Crippen molar-refractivity contribution in [1.82, 2.24) is 0 Å². The van der Waals surface area contributed by atoms with Crippen LogP contribution in [0.25, 0.3) is 21.5 Å². The molecule has 1 nitrogen and oxygen atoms in total. The van der Waals surface area contributed by atoms with Gasteiger partial charge >= 0.3 is 0 Å². The van der Waals surface area contributed by atoms with Gasteiger partial charge in [-0.1, -0.05) is 52.3 Å². The molecule has 0 spiro atoms. The Morgan fingerprint density at radius 1 is 0.833 bits per heavy atom. The summed E-state index contributed by atoms with van der Waals surface area (Å²) < 4.78 is 5.77. The van der Waals surface area contributed by atoms with Gasteiger partial charge in [-0.25, -0.2) is 0 Å². The fourth-order valence-electron chi connectivity index (χ4n) is 2.21. The first-order valence-corrected chi connectivity index (χ1v) is 7.11. The molecule has 0 amide bonds. The predicted molar refractivity (Wildman–Crippen MR) is 80.7 cm³/mol. The van der Waals surface area contributed by atoms with Gasteiger partial charge in [0.2, 0.25) is 0 Å². The summed E-state index contributed by atoms with van der Waals surface area (Å²) in [6, 6.07) is 19.0. The molecule has 3 aromatic rings. The van der Waals surface area contributed by atoms with Crippen molar-refractivity contribution in [3.63, 3.8) is 0 Å². The monoisotopic (exact) mass is 300 g/mol. The van der Waals surface area contributed by atoms with Crippen molar-refractivity contribution in [3.8, 4) is 5.75 Å². The molecule has 0 unspecified atom stereocenters. The van der Waals surface area contributed by atoms with Gasteiger partial charge in [0.25, 0.3) is 0 Å². The maximum absolute atomic E-state index is 5.77. The molecule has 3 aromatic carbocycles. The zero-order valence-electron chi connectivity index (χ0n) is 9.90. The second kappa shape index (κ2) is 4.99. The van der Waals surface area contributed by atoms with Gasteiger partial charge in [-0.05, 0) is 34.4 Å². The Balaban J connectivity index is 2.22. The number of benzene rings is 3. The fraction of sp³-hybridized carbons (Fsp3) is 0.125. The van der Waals surface area contributed by atoms with Crippen molar-refractivity contribution in [3.05, 3.63) is 54.6 Å². The lowest BCUT2D eigenvalue weighted by molar-refractivity contribution is 0.349. The van der Waals surface area contributed by atoms with Crippen LogP contribution in [0.3, 0.4) is 0 Å². The lowest BCUT2D eigenvalue weighted by Crippen LogP contribution is -1.98. The third kappa shape index (κ3) is 2.08. The normalized spacial score (nSPS) is 10.9. The molecule has 0 radical (unpaired) electrons. The molecule has 0 aliphatic carbocycles. The van der Waals surface area contributed by atoms with Gasteiger partial charge in [-0.15, -0.1) is 0 Å². The van der Waals surface area contributed by atoms with Crippen LogP contribution >= 0.6 is 15.9 Å². The molecule has 18 heavy (non-hydrogen) atoms. The average molecular weight is 301 g/mol. The third-order valence-electron chi connectivity index (χ3n) is 3.04. The van der Waals surface area contributed by atoms with Crippen molar-refractivity contribution in [2.45, 2.75) is 0 Å². The van der Waals surface area contributed by atoms with E-state index in [1.165, 1.54) is 21.5 Å². The Bertz CT molecular complexity index is 691. The molecule has 0 saturated carbocycles. The van der Waals surface area contributed by atoms with Gasteiger partial charge in [0.15, 0.2) is 0 Å². The lowest BCUT2D eigenvalue weighted by Gasteiger charge is -2.09. The standard InChI is InChI=1S/C16H13BrO/c17-8-9-18-16-7-3-6-14-10-12-4-1-2-5-13(12)11-15(14)16/h1-7,10-11H,8-9H2. The lowest BCUT2D eigenvalue weighted by atomic mass is 10.0. The first-order valence-electron chi connectivity index (χ1n) is 5.99. The molecule has 90 valence electrons. The van der Waals surface area contributed by atoms with E-state index in [-0.39, 0.29) is 0 Å². The molecule has 0 heterocycles. The first kappa shape index (κ1) is 11.5. The molecule has 0 aliphatic rings. The molecule has 0 saturated heterocycles. The van der Waals surface area contributed by atoms with E-state index in [1.54, 1.807) is 0 Å². The van der Waals surface area contributed by atoms with E-state index in [4.69, 9.17) is 4.74 Å². The van der Waals surface area contributed by atoms with E-state index < -0.39 is 0 Å². The minimum Gasteiger partial charge on any atom is -0.492 e. The Morgan fingerprint density at radius 2 is 1.56 bits per heavy atom. The van der Waals surface area contributed by atoms with E-state index in [0.717, 1.165) is 11.1 Å². The van der Waals surface area contributed by atoms with Crippen LogP contribution in [0.1, 0.15) is 0 Å². The van der Waals surface area contributed by atoms with E-state index in [9.17, 15) is 0 Å². The first-order chi connectivity index (χ1) is 8.88. The number of ether oxygens (including phenoxy) is 1. The van der Waals surface area contributed by atoms with Crippen molar-refractivity contribution in [2.24, 2.45) is 0 Å². The highest BCUT2D eigenvalue weighted by Crippen LogP contribution is 2.29. The molecule has 3 rings (SSSR count). The number of alkyl halides is 1. The summed E-state index contributed by atoms with van der Waals surface area (Å²) in [5.74, 6) is 0.956. The molecule has 0 fully saturated rings. The van der Waals surface area contributed by atoms with Crippen LogP contribution in [0.4, 0.5) is 0 Å². The van der Waals surface area contributed by atoms with Gasteiger partial charge in [0.1, 0.15) is 5.75 Å². The predicted octanol–water partition coefficient (Wildman–Crippen LogP) is 4.77. The molecule has 2 heteroatoms. The summed E-state index contributed by atoms with van der Waals surface area (Å²) in [5, 5.41) is 5.76. The largest absolute Gasteiger partial charge is 0.492 e. The smallest absolute Gasteiger partial charge is 0.127 e. The van der Waals surface area contributed by atoms with Crippen molar-refractivity contribution in [2.75, 3.05) is 11.9 Å². The molecule has 0 aliphatic heterocycles. The summed E-state index contributed by atoms with van der Waals surface area (Å²) in [4.78, 5) is 0. The van der Waals surface area contributed by atoms with Crippen LogP contribution in [-0.2, 0) is 0 Å². The highest BCUT2D eigenvalue weighted by Gasteiger charge is 2.03. The third-order valence-corrected chi connectivity index (χ3v) is 3.37. The van der Waals surface area contributed by atoms with E-state index in [1.807, 2.05) is 12.1 Å². The molecule has 0 bridgehead atoms. The van der Waals surface area contributed by atoms with Gasteiger partial charge < -0.3 is 4.74 Å². The number of halogens is 1. The molecule has 0 N–H and O–H groups in total. The molecular formula is C16H13BrO.